The summed E-state index contributed by atoms with van der Waals surface area (Å²) in [7, 11) is 1.71. The Morgan fingerprint density at radius 2 is 2.21 bits per heavy atom. The molecule has 1 saturated heterocycles. The van der Waals surface area contributed by atoms with Crippen LogP contribution in [0.15, 0.2) is 16.9 Å². The molecule has 104 valence electrons. The fourth-order valence-corrected chi connectivity index (χ4v) is 2.69. The number of hydrogen-bond acceptors (Lipinski definition) is 3. The number of allylic oxidation sites excluding steroid dienone is 1. The summed E-state index contributed by atoms with van der Waals surface area (Å²) in [5.74, 6) is 1.27. The van der Waals surface area contributed by atoms with E-state index in [-0.39, 0.29) is 17.5 Å². The van der Waals surface area contributed by atoms with Crippen LogP contribution in [-0.2, 0) is 11.8 Å². The van der Waals surface area contributed by atoms with Crippen molar-refractivity contribution < 1.29 is 4.79 Å². The standard InChI is InChI=1S/C13H20N4O2/c1-4-5-11(18)17-7-9(2)6-10(8-17)12-14-15-13(19)16(12)3/h4-5,9-10H,6-8H2,1-3H3,(H,15,19)/b5-4+/t9-,10-/m0/s1. The first-order valence-corrected chi connectivity index (χ1v) is 6.55. The molecule has 0 spiro atoms. The molecule has 1 aromatic rings. The average Bonchev–Trinajstić information content (AvgIpc) is 2.69. The number of carbonyl (C=O) groups is 1. The molecule has 0 aliphatic carbocycles. The van der Waals surface area contributed by atoms with Gasteiger partial charge in [0.15, 0.2) is 0 Å². The lowest BCUT2D eigenvalue weighted by atomic mass is 9.89. The molecule has 1 aromatic heterocycles. The minimum atomic E-state index is -0.209. The van der Waals surface area contributed by atoms with Crippen molar-refractivity contribution in [3.63, 3.8) is 0 Å². The van der Waals surface area contributed by atoms with Crippen LogP contribution < -0.4 is 5.69 Å². The Hall–Kier alpha value is -1.85. The largest absolute Gasteiger partial charge is 0.343 e. The molecule has 2 heterocycles. The molecule has 2 rings (SSSR count). The molecule has 1 aliphatic heterocycles. The van der Waals surface area contributed by atoms with Crippen molar-refractivity contribution in [3.05, 3.63) is 28.5 Å². The quantitative estimate of drug-likeness (QED) is 0.797. The molecule has 0 bridgehead atoms. The normalized spacial score (nSPS) is 24.1. The van der Waals surface area contributed by atoms with Gasteiger partial charge in [0, 0.05) is 26.1 Å². The van der Waals surface area contributed by atoms with Crippen LogP contribution in [0, 0.1) is 5.92 Å². The maximum Gasteiger partial charge on any atom is 0.343 e. The smallest absolute Gasteiger partial charge is 0.338 e. The molecule has 0 aromatic carbocycles. The van der Waals surface area contributed by atoms with Gasteiger partial charge in [-0.1, -0.05) is 13.0 Å². The lowest BCUT2D eigenvalue weighted by Crippen LogP contribution is -2.42. The number of piperidine rings is 1. The number of aromatic nitrogens is 3. The van der Waals surface area contributed by atoms with Crippen molar-refractivity contribution >= 4 is 5.91 Å². The first-order valence-electron chi connectivity index (χ1n) is 6.55. The van der Waals surface area contributed by atoms with Crippen molar-refractivity contribution in [2.75, 3.05) is 13.1 Å². The van der Waals surface area contributed by atoms with E-state index in [2.05, 4.69) is 17.1 Å². The van der Waals surface area contributed by atoms with Crippen molar-refractivity contribution in [3.8, 4) is 0 Å². The molecule has 1 amide bonds. The SMILES string of the molecule is C/C=C/C(=O)N1C[C@@H](C)C[C@H](c2n[nH]c(=O)n2C)C1. The van der Waals surface area contributed by atoms with E-state index in [1.54, 1.807) is 19.2 Å². The minimum Gasteiger partial charge on any atom is -0.338 e. The number of rotatable bonds is 2. The van der Waals surface area contributed by atoms with Crippen LogP contribution in [0.4, 0.5) is 0 Å². The Bertz CT molecular complexity index is 543. The summed E-state index contributed by atoms with van der Waals surface area (Å²) in [5, 5.41) is 6.54. The number of nitrogens with zero attached hydrogens (tertiary/aromatic N) is 3. The van der Waals surface area contributed by atoms with Gasteiger partial charge in [0.1, 0.15) is 5.82 Å². The van der Waals surface area contributed by atoms with E-state index in [0.717, 1.165) is 18.8 Å². The summed E-state index contributed by atoms with van der Waals surface area (Å²) in [6.45, 7) is 5.33. The zero-order chi connectivity index (χ0) is 14.0. The Labute approximate surface area is 112 Å². The highest BCUT2D eigenvalue weighted by molar-refractivity contribution is 5.87. The van der Waals surface area contributed by atoms with E-state index in [1.807, 2.05) is 11.8 Å². The van der Waals surface area contributed by atoms with Crippen LogP contribution in [-0.4, -0.2) is 38.7 Å². The van der Waals surface area contributed by atoms with E-state index in [9.17, 15) is 9.59 Å². The number of aromatic amines is 1. The molecule has 1 fully saturated rings. The first kappa shape index (κ1) is 13.6. The number of carbonyl (C=O) groups excluding carboxylic acids is 1. The summed E-state index contributed by atoms with van der Waals surface area (Å²) in [6.07, 6.45) is 4.28. The molecule has 0 saturated carbocycles. The molecule has 1 N–H and O–H groups in total. The van der Waals surface area contributed by atoms with Crippen LogP contribution in [0.3, 0.4) is 0 Å². The van der Waals surface area contributed by atoms with Crippen LogP contribution >= 0.6 is 0 Å². The molecular formula is C13H20N4O2. The van der Waals surface area contributed by atoms with Gasteiger partial charge in [-0.2, -0.15) is 5.10 Å². The third-order valence-corrected chi connectivity index (χ3v) is 3.56. The second-order valence-electron chi connectivity index (χ2n) is 5.23. The third kappa shape index (κ3) is 2.77. The zero-order valence-corrected chi connectivity index (χ0v) is 11.6. The van der Waals surface area contributed by atoms with Gasteiger partial charge in [0.25, 0.3) is 0 Å². The summed E-state index contributed by atoms with van der Waals surface area (Å²) < 4.78 is 1.53. The van der Waals surface area contributed by atoms with E-state index in [1.165, 1.54) is 4.57 Å². The Morgan fingerprint density at radius 1 is 1.47 bits per heavy atom. The Balaban J connectivity index is 2.20. The van der Waals surface area contributed by atoms with Crippen molar-refractivity contribution in [1.29, 1.82) is 0 Å². The van der Waals surface area contributed by atoms with Crippen LogP contribution in [0.2, 0.25) is 0 Å². The predicted molar refractivity (Wildman–Crippen MR) is 71.7 cm³/mol. The third-order valence-electron chi connectivity index (χ3n) is 3.56. The van der Waals surface area contributed by atoms with E-state index in [4.69, 9.17) is 0 Å². The summed E-state index contributed by atoms with van der Waals surface area (Å²) in [5.41, 5.74) is -0.209. The lowest BCUT2D eigenvalue weighted by molar-refractivity contribution is -0.128. The summed E-state index contributed by atoms with van der Waals surface area (Å²) in [6, 6.07) is 0. The second kappa shape index (κ2) is 5.42. The lowest BCUT2D eigenvalue weighted by Gasteiger charge is -2.35. The van der Waals surface area contributed by atoms with E-state index >= 15 is 0 Å². The van der Waals surface area contributed by atoms with Gasteiger partial charge >= 0.3 is 5.69 Å². The molecule has 19 heavy (non-hydrogen) atoms. The first-order chi connectivity index (χ1) is 9.02. The van der Waals surface area contributed by atoms with Crippen LogP contribution in [0.25, 0.3) is 0 Å². The fraction of sp³-hybridized carbons (Fsp3) is 0.615. The van der Waals surface area contributed by atoms with Gasteiger partial charge in [0.05, 0.1) is 0 Å². The monoisotopic (exact) mass is 264 g/mol. The molecule has 1 aliphatic rings. The van der Waals surface area contributed by atoms with Gasteiger partial charge < -0.3 is 4.90 Å². The molecule has 0 unspecified atom stereocenters. The van der Waals surface area contributed by atoms with Crippen LogP contribution in [0.1, 0.15) is 32.0 Å². The fourth-order valence-electron chi connectivity index (χ4n) is 2.69. The van der Waals surface area contributed by atoms with Crippen molar-refractivity contribution in [2.45, 2.75) is 26.2 Å². The van der Waals surface area contributed by atoms with Gasteiger partial charge in [-0.05, 0) is 25.3 Å². The van der Waals surface area contributed by atoms with Gasteiger partial charge in [0.2, 0.25) is 5.91 Å². The molecule has 2 atom stereocenters. The second-order valence-corrected chi connectivity index (χ2v) is 5.23. The number of amides is 1. The Kier molecular flexibility index (Phi) is 3.87. The van der Waals surface area contributed by atoms with Gasteiger partial charge in [-0.25, -0.2) is 9.89 Å². The zero-order valence-electron chi connectivity index (χ0n) is 11.6. The highest BCUT2D eigenvalue weighted by Gasteiger charge is 2.30. The van der Waals surface area contributed by atoms with Crippen molar-refractivity contribution in [1.82, 2.24) is 19.7 Å². The van der Waals surface area contributed by atoms with Gasteiger partial charge in [-0.3, -0.25) is 9.36 Å². The maximum absolute atomic E-state index is 12.0. The number of hydrogen-bond donors (Lipinski definition) is 1. The van der Waals surface area contributed by atoms with Crippen molar-refractivity contribution in [2.24, 2.45) is 13.0 Å². The van der Waals surface area contributed by atoms with E-state index in [0.29, 0.717) is 12.5 Å². The number of nitrogens with one attached hydrogen (secondary N) is 1. The Morgan fingerprint density at radius 3 is 2.79 bits per heavy atom. The van der Waals surface area contributed by atoms with E-state index < -0.39 is 0 Å². The number of likely N-dealkylation sites (tertiary alicyclic amines) is 1. The summed E-state index contributed by atoms with van der Waals surface area (Å²) in [4.78, 5) is 25.2. The summed E-state index contributed by atoms with van der Waals surface area (Å²) >= 11 is 0. The topological polar surface area (TPSA) is 71.0 Å². The molecular weight excluding hydrogens is 244 g/mol. The average molecular weight is 264 g/mol. The highest BCUT2D eigenvalue weighted by Crippen LogP contribution is 2.28. The molecule has 0 radical (unpaired) electrons. The number of H-pyrrole nitrogens is 1. The predicted octanol–water partition coefficient (Wildman–Crippen LogP) is 0.636. The maximum atomic E-state index is 12.0. The van der Waals surface area contributed by atoms with Gasteiger partial charge in [-0.15, -0.1) is 0 Å². The van der Waals surface area contributed by atoms with Crippen LogP contribution in [0.5, 0.6) is 0 Å². The molecule has 6 heteroatoms. The molecule has 6 nitrogen and oxygen atoms in total. The minimum absolute atomic E-state index is 0.0274. The highest BCUT2D eigenvalue weighted by atomic mass is 16.2.